The quantitative estimate of drug-likeness (QED) is 0.637. The van der Waals surface area contributed by atoms with Gasteiger partial charge < -0.3 is 0 Å². The number of nitrogens with zero attached hydrogens (tertiary/aromatic N) is 1. The molecule has 0 saturated heterocycles. The Hall–Kier alpha value is -3.08. The maximum Gasteiger partial charge on any atom is 0.266 e. The molecule has 1 aliphatic rings. The Kier molecular flexibility index (Phi) is 2.95. The average molecular weight is 279 g/mol. The summed E-state index contributed by atoms with van der Waals surface area (Å²) in [5, 5.41) is 0. The minimum Gasteiger partial charge on any atom is -0.298 e. The first-order valence-electron chi connectivity index (χ1n) is 6.19. The summed E-state index contributed by atoms with van der Waals surface area (Å²) in [6, 6.07) is 10.5. The summed E-state index contributed by atoms with van der Waals surface area (Å²) >= 11 is 0. The van der Waals surface area contributed by atoms with Crippen molar-refractivity contribution in [1.29, 1.82) is 0 Å². The van der Waals surface area contributed by atoms with E-state index in [9.17, 15) is 19.2 Å². The number of imide groups is 1. The number of hydrogen-bond donors (Lipinski definition) is 0. The van der Waals surface area contributed by atoms with Crippen molar-refractivity contribution >= 4 is 30.1 Å². The third-order valence-electron chi connectivity index (χ3n) is 3.33. The fraction of sp³-hybridized carbons (Fsp3) is 0. The lowest BCUT2D eigenvalue weighted by Gasteiger charge is -2.13. The summed E-state index contributed by atoms with van der Waals surface area (Å²) < 4.78 is 0. The van der Waals surface area contributed by atoms with Crippen molar-refractivity contribution in [1.82, 2.24) is 0 Å². The molecule has 0 fully saturated rings. The maximum absolute atomic E-state index is 12.3. The van der Waals surface area contributed by atoms with E-state index in [0.717, 1.165) is 4.90 Å². The molecular formula is C16H9NO4. The second-order valence-electron chi connectivity index (χ2n) is 4.58. The second-order valence-corrected chi connectivity index (χ2v) is 4.58. The van der Waals surface area contributed by atoms with Crippen LogP contribution in [0.3, 0.4) is 0 Å². The first-order valence-corrected chi connectivity index (χ1v) is 6.19. The van der Waals surface area contributed by atoms with Crippen LogP contribution in [0, 0.1) is 0 Å². The van der Waals surface area contributed by atoms with Gasteiger partial charge in [0.2, 0.25) is 0 Å². The molecule has 0 bridgehead atoms. The van der Waals surface area contributed by atoms with Gasteiger partial charge in [0.15, 0.2) is 0 Å². The van der Waals surface area contributed by atoms with Crippen LogP contribution in [0.5, 0.6) is 0 Å². The van der Waals surface area contributed by atoms with Gasteiger partial charge in [-0.2, -0.15) is 0 Å². The van der Waals surface area contributed by atoms with Gasteiger partial charge in [-0.15, -0.1) is 0 Å². The van der Waals surface area contributed by atoms with E-state index >= 15 is 0 Å². The fourth-order valence-corrected chi connectivity index (χ4v) is 2.27. The van der Waals surface area contributed by atoms with Crippen LogP contribution < -0.4 is 4.90 Å². The van der Waals surface area contributed by atoms with E-state index in [1.165, 1.54) is 42.5 Å². The number of carbonyl (C=O) groups excluding carboxylic acids is 4. The number of anilines is 1. The van der Waals surface area contributed by atoms with Crippen LogP contribution in [0.25, 0.3) is 0 Å². The Morgan fingerprint density at radius 2 is 1.29 bits per heavy atom. The first kappa shape index (κ1) is 12.9. The van der Waals surface area contributed by atoms with Crippen molar-refractivity contribution in [2.24, 2.45) is 0 Å². The number of rotatable bonds is 3. The molecule has 3 rings (SSSR count). The zero-order chi connectivity index (χ0) is 15.0. The Morgan fingerprint density at radius 3 is 1.90 bits per heavy atom. The smallest absolute Gasteiger partial charge is 0.266 e. The van der Waals surface area contributed by atoms with Gasteiger partial charge in [0.05, 0.1) is 16.8 Å². The summed E-state index contributed by atoms with van der Waals surface area (Å²) in [7, 11) is 0. The second kappa shape index (κ2) is 4.79. The van der Waals surface area contributed by atoms with Crippen molar-refractivity contribution in [3.8, 4) is 0 Å². The summed E-state index contributed by atoms with van der Waals surface area (Å²) in [6.07, 6.45) is 1.31. The van der Waals surface area contributed by atoms with Gasteiger partial charge in [-0.05, 0) is 36.4 Å². The highest BCUT2D eigenvalue weighted by molar-refractivity contribution is 6.34. The molecule has 5 nitrogen and oxygen atoms in total. The first-order chi connectivity index (χ1) is 10.2. The number of benzene rings is 2. The normalized spacial score (nSPS) is 13.2. The van der Waals surface area contributed by atoms with Crippen LogP contribution in [0.1, 0.15) is 41.4 Å². The number of amides is 2. The molecule has 1 aliphatic heterocycles. The largest absolute Gasteiger partial charge is 0.298 e. The number of carbonyl (C=O) groups is 4. The predicted molar refractivity (Wildman–Crippen MR) is 74.8 cm³/mol. The van der Waals surface area contributed by atoms with E-state index in [-0.39, 0.29) is 11.1 Å². The highest BCUT2D eigenvalue weighted by Gasteiger charge is 2.36. The summed E-state index contributed by atoms with van der Waals surface area (Å²) in [5.41, 5.74) is 1.67. The van der Waals surface area contributed by atoms with Crippen molar-refractivity contribution < 1.29 is 19.2 Å². The molecule has 0 aliphatic carbocycles. The van der Waals surface area contributed by atoms with E-state index in [1.54, 1.807) is 0 Å². The minimum absolute atomic E-state index is 0.212. The molecule has 5 heteroatoms. The van der Waals surface area contributed by atoms with Crippen LogP contribution in [0.4, 0.5) is 5.69 Å². The zero-order valence-electron chi connectivity index (χ0n) is 10.8. The van der Waals surface area contributed by atoms with Gasteiger partial charge in [-0.3, -0.25) is 19.2 Å². The van der Waals surface area contributed by atoms with Crippen LogP contribution in [-0.4, -0.2) is 24.4 Å². The van der Waals surface area contributed by atoms with Crippen LogP contribution >= 0.6 is 0 Å². The topological polar surface area (TPSA) is 71.5 Å². The lowest BCUT2D eigenvalue weighted by molar-refractivity contribution is 0.0925. The third kappa shape index (κ3) is 1.95. The van der Waals surface area contributed by atoms with Gasteiger partial charge in [0, 0.05) is 11.1 Å². The van der Waals surface area contributed by atoms with Gasteiger partial charge in [-0.25, -0.2) is 4.90 Å². The molecule has 0 aromatic heterocycles. The standard InChI is InChI=1S/C16H9NO4/c18-8-10-1-4-12(5-2-10)17-15(20)13-6-3-11(9-19)7-14(13)16(17)21/h1-9H. The van der Waals surface area contributed by atoms with Gasteiger partial charge in [-0.1, -0.05) is 6.07 Å². The molecule has 2 amide bonds. The highest BCUT2D eigenvalue weighted by Crippen LogP contribution is 2.28. The Bertz CT molecular complexity index is 777. The summed E-state index contributed by atoms with van der Waals surface area (Å²) in [5.74, 6) is -0.913. The summed E-state index contributed by atoms with van der Waals surface area (Å²) in [6.45, 7) is 0. The number of aldehydes is 2. The summed E-state index contributed by atoms with van der Waals surface area (Å²) in [4.78, 5) is 47.1. The zero-order valence-corrected chi connectivity index (χ0v) is 10.8. The van der Waals surface area contributed by atoms with E-state index in [1.807, 2.05) is 0 Å². The number of hydrogen-bond acceptors (Lipinski definition) is 4. The molecule has 1 heterocycles. The molecule has 0 atom stereocenters. The Morgan fingerprint density at radius 1 is 0.714 bits per heavy atom. The molecule has 0 unspecified atom stereocenters. The monoisotopic (exact) mass is 279 g/mol. The fourth-order valence-electron chi connectivity index (χ4n) is 2.27. The Balaban J connectivity index is 2.06. The van der Waals surface area contributed by atoms with E-state index < -0.39 is 11.8 Å². The molecule has 0 N–H and O–H groups in total. The highest BCUT2D eigenvalue weighted by atomic mass is 16.2. The lowest BCUT2D eigenvalue weighted by atomic mass is 10.1. The predicted octanol–water partition coefficient (Wildman–Crippen LogP) is 2.11. The maximum atomic E-state index is 12.3. The molecule has 102 valence electrons. The van der Waals surface area contributed by atoms with E-state index in [2.05, 4.69) is 0 Å². The molecule has 2 aromatic rings. The van der Waals surface area contributed by atoms with E-state index in [0.29, 0.717) is 29.4 Å². The minimum atomic E-state index is -0.474. The Labute approximate surface area is 119 Å². The van der Waals surface area contributed by atoms with Crippen molar-refractivity contribution in [2.45, 2.75) is 0 Å². The van der Waals surface area contributed by atoms with Crippen molar-refractivity contribution in [3.63, 3.8) is 0 Å². The molecule has 2 aromatic carbocycles. The van der Waals surface area contributed by atoms with Crippen molar-refractivity contribution in [2.75, 3.05) is 4.90 Å². The SMILES string of the molecule is O=Cc1ccc(N2C(=O)c3ccc(C=O)cc3C2=O)cc1. The van der Waals surface area contributed by atoms with Gasteiger partial charge in [0.25, 0.3) is 11.8 Å². The lowest BCUT2D eigenvalue weighted by Crippen LogP contribution is -2.29. The van der Waals surface area contributed by atoms with Gasteiger partial charge in [0.1, 0.15) is 12.6 Å². The van der Waals surface area contributed by atoms with Crippen LogP contribution in [0.15, 0.2) is 42.5 Å². The van der Waals surface area contributed by atoms with Crippen molar-refractivity contribution in [3.05, 3.63) is 64.7 Å². The molecule has 21 heavy (non-hydrogen) atoms. The average Bonchev–Trinajstić information content (AvgIpc) is 2.78. The van der Waals surface area contributed by atoms with E-state index in [4.69, 9.17) is 0 Å². The van der Waals surface area contributed by atoms with Gasteiger partial charge >= 0.3 is 0 Å². The third-order valence-corrected chi connectivity index (χ3v) is 3.33. The molecule has 0 saturated carbocycles. The molecule has 0 radical (unpaired) electrons. The molecular weight excluding hydrogens is 270 g/mol. The number of fused-ring (bicyclic) bond motifs is 1. The van der Waals surface area contributed by atoms with Crippen LogP contribution in [0.2, 0.25) is 0 Å². The molecule has 0 spiro atoms. The van der Waals surface area contributed by atoms with Crippen LogP contribution in [-0.2, 0) is 0 Å².